The molecule has 1 aromatic heterocycles. The Kier molecular flexibility index (Phi) is 3.98. The second kappa shape index (κ2) is 5.48. The standard InChI is InChI=1S/C12H20N2O2/c1-14(7-10-3-4-16-9-10)8-11-5-12(15-2)6-13-11/h3-4,9,11-13H,5-8H2,1-2H3. The molecule has 0 bridgehead atoms. The van der Waals surface area contributed by atoms with Crippen molar-refractivity contribution in [2.45, 2.75) is 25.1 Å². The lowest BCUT2D eigenvalue weighted by Gasteiger charge is -2.20. The second-order valence-electron chi connectivity index (χ2n) is 4.53. The molecule has 0 aliphatic carbocycles. The summed E-state index contributed by atoms with van der Waals surface area (Å²) < 4.78 is 10.4. The number of methoxy groups -OCH3 is 1. The Labute approximate surface area is 96.6 Å². The molecule has 0 radical (unpaired) electrons. The van der Waals surface area contributed by atoms with Crippen LogP contribution >= 0.6 is 0 Å². The molecule has 2 atom stereocenters. The van der Waals surface area contributed by atoms with Crippen LogP contribution in [0.15, 0.2) is 23.0 Å². The maximum absolute atomic E-state index is 5.33. The van der Waals surface area contributed by atoms with E-state index in [0.717, 1.165) is 26.1 Å². The maximum Gasteiger partial charge on any atom is 0.0947 e. The van der Waals surface area contributed by atoms with Crippen LogP contribution in [-0.4, -0.2) is 44.3 Å². The van der Waals surface area contributed by atoms with E-state index < -0.39 is 0 Å². The van der Waals surface area contributed by atoms with Crippen molar-refractivity contribution in [1.29, 1.82) is 0 Å². The van der Waals surface area contributed by atoms with E-state index in [1.54, 1.807) is 19.6 Å². The minimum absolute atomic E-state index is 0.382. The molecule has 1 N–H and O–H groups in total. The van der Waals surface area contributed by atoms with Gasteiger partial charge < -0.3 is 19.4 Å². The third-order valence-electron chi connectivity index (χ3n) is 3.08. The van der Waals surface area contributed by atoms with E-state index in [-0.39, 0.29) is 0 Å². The Morgan fingerprint density at radius 3 is 3.12 bits per heavy atom. The van der Waals surface area contributed by atoms with E-state index in [0.29, 0.717) is 12.1 Å². The molecule has 4 heteroatoms. The number of rotatable bonds is 5. The first kappa shape index (κ1) is 11.6. The smallest absolute Gasteiger partial charge is 0.0947 e. The zero-order valence-corrected chi connectivity index (χ0v) is 9.98. The molecule has 90 valence electrons. The summed E-state index contributed by atoms with van der Waals surface area (Å²) in [5.74, 6) is 0. The average Bonchev–Trinajstić information content (AvgIpc) is 2.89. The van der Waals surface area contributed by atoms with Crippen molar-refractivity contribution in [3.8, 4) is 0 Å². The molecule has 2 rings (SSSR count). The van der Waals surface area contributed by atoms with Crippen molar-refractivity contribution < 1.29 is 9.15 Å². The summed E-state index contributed by atoms with van der Waals surface area (Å²) in [6.45, 7) is 2.96. The lowest BCUT2D eigenvalue weighted by Crippen LogP contribution is -2.34. The second-order valence-corrected chi connectivity index (χ2v) is 4.53. The van der Waals surface area contributed by atoms with Crippen molar-refractivity contribution in [1.82, 2.24) is 10.2 Å². The van der Waals surface area contributed by atoms with Gasteiger partial charge in [0.1, 0.15) is 0 Å². The van der Waals surface area contributed by atoms with Crippen molar-refractivity contribution in [2.24, 2.45) is 0 Å². The van der Waals surface area contributed by atoms with Crippen molar-refractivity contribution in [3.63, 3.8) is 0 Å². The first-order valence-corrected chi connectivity index (χ1v) is 5.73. The number of nitrogens with one attached hydrogen (secondary N) is 1. The number of ether oxygens (including phenoxy) is 1. The first-order valence-electron chi connectivity index (χ1n) is 5.73. The van der Waals surface area contributed by atoms with Gasteiger partial charge in [0.05, 0.1) is 18.6 Å². The van der Waals surface area contributed by atoms with Gasteiger partial charge in [-0.1, -0.05) is 0 Å². The Morgan fingerprint density at radius 1 is 1.62 bits per heavy atom. The molecule has 1 fully saturated rings. The lowest BCUT2D eigenvalue weighted by atomic mass is 10.2. The van der Waals surface area contributed by atoms with Gasteiger partial charge in [0.15, 0.2) is 0 Å². The van der Waals surface area contributed by atoms with Gasteiger partial charge in [0.2, 0.25) is 0 Å². The van der Waals surface area contributed by atoms with Gasteiger partial charge in [-0.05, 0) is 19.5 Å². The van der Waals surface area contributed by atoms with Crippen LogP contribution in [0.1, 0.15) is 12.0 Å². The third-order valence-corrected chi connectivity index (χ3v) is 3.08. The minimum Gasteiger partial charge on any atom is -0.472 e. The highest BCUT2D eigenvalue weighted by molar-refractivity contribution is 5.04. The van der Waals surface area contributed by atoms with E-state index in [9.17, 15) is 0 Å². The molecule has 0 saturated carbocycles. The van der Waals surface area contributed by atoms with Crippen LogP contribution in [0.2, 0.25) is 0 Å². The van der Waals surface area contributed by atoms with Crippen molar-refractivity contribution in [3.05, 3.63) is 24.2 Å². The first-order chi connectivity index (χ1) is 7.78. The number of likely N-dealkylation sites (N-methyl/N-ethyl adjacent to an activating group) is 1. The fourth-order valence-electron chi connectivity index (χ4n) is 2.24. The molecular formula is C12H20N2O2. The zero-order chi connectivity index (χ0) is 11.4. The highest BCUT2D eigenvalue weighted by Gasteiger charge is 2.24. The summed E-state index contributed by atoms with van der Waals surface area (Å²) in [6.07, 6.45) is 5.01. The molecule has 0 aromatic carbocycles. The third kappa shape index (κ3) is 3.07. The van der Waals surface area contributed by atoms with Gasteiger partial charge in [0.25, 0.3) is 0 Å². The molecule has 16 heavy (non-hydrogen) atoms. The number of furan rings is 1. The van der Waals surface area contributed by atoms with Crippen LogP contribution in [0.4, 0.5) is 0 Å². The predicted octanol–water partition coefficient (Wildman–Crippen LogP) is 1.09. The van der Waals surface area contributed by atoms with E-state index in [1.807, 2.05) is 6.07 Å². The topological polar surface area (TPSA) is 37.6 Å². The average molecular weight is 224 g/mol. The highest BCUT2D eigenvalue weighted by Crippen LogP contribution is 2.11. The molecule has 4 nitrogen and oxygen atoms in total. The Balaban J connectivity index is 1.73. The summed E-state index contributed by atoms with van der Waals surface area (Å²) >= 11 is 0. The van der Waals surface area contributed by atoms with Gasteiger partial charge in [0, 0.05) is 38.3 Å². The Hall–Kier alpha value is -0.840. The monoisotopic (exact) mass is 224 g/mol. The van der Waals surface area contributed by atoms with Crippen molar-refractivity contribution >= 4 is 0 Å². The molecule has 0 spiro atoms. The molecule has 0 amide bonds. The summed E-state index contributed by atoms with van der Waals surface area (Å²) in [7, 11) is 3.92. The highest BCUT2D eigenvalue weighted by atomic mass is 16.5. The number of hydrogen-bond acceptors (Lipinski definition) is 4. The van der Waals surface area contributed by atoms with Gasteiger partial charge in [-0.3, -0.25) is 0 Å². The van der Waals surface area contributed by atoms with Crippen LogP contribution in [0.5, 0.6) is 0 Å². The largest absolute Gasteiger partial charge is 0.472 e. The Morgan fingerprint density at radius 2 is 2.50 bits per heavy atom. The Bertz CT molecular complexity index is 300. The fraction of sp³-hybridized carbons (Fsp3) is 0.667. The van der Waals surface area contributed by atoms with Crippen molar-refractivity contribution in [2.75, 3.05) is 27.2 Å². The molecule has 1 aliphatic rings. The van der Waals surface area contributed by atoms with E-state index >= 15 is 0 Å². The van der Waals surface area contributed by atoms with Gasteiger partial charge in [-0.15, -0.1) is 0 Å². The molecule has 1 aliphatic heterocycles. The van der Waals surface area contributed by atoms with E-state index in [1.165, 1.54) is 5.56 Å². The molecule has 1 saturated heterocycles. The normalized spacial score (nSPS) is 25.4. The van der Waals surface area contributed by atoms with E-state index in [4.69, 9.17) is 9.15 Å². The van der Waals surface area contributed by atoms with Crippen LogP contribution in [0, 0.1) is 0 Å². The van der Waals surface area contributed by atoms with Crippen LogP contribution < -0.4 is 5.32 Å². The number of hydrogen-bond donors (Lipinski definition) is 1. The van der Waals surface area contributed by atoms with Crippen LogP contribution in [0.25, 0.3) is 0 Å². The molecule has 1 aromatic rings. The lowest BCUT2D eigenvalue weighted by molar-refractivity contribution is 0.116. The maximum atomic E-state index is 5.33. The number of nitrogens with zero attached hydrogens (tertiary/aromatic N) is 1. The summed E-state index contributed by atoms with van der Waals surface area (Å²) in [5, 5.41) is 3.48. The summed E-state index contributed by atoms with van der Waals surface area (Å²) in [6, 6.07) is 2.55. The van der Waals surface area contributed by atoms with Gasteiger partial charge in [-0.25, -0.2) is 0 Å². The summed E-state index contributed by atoms with van der Waals surface area (Å²) in [4.78, 5) is 2.31. The van der Waals surface area contributed by atoms with Gasteiger partial charge >= 0.3 is 0 Å². The van der Waals surface area contributed by atoms with Gasteiger partial charge in [-0.2, -0.15) is 0 Å². The quantitative estimate of drug-likeness (QED) is 0.812. The molecule has 2 unspecified atom stereocenters. The van der Waals surface area contributed by atoms with Crippen LogP contribution in [0.3, 0.4) is 0 Å². The molecule has 2 heterocycles. The SMILES string of the molecule is COC1CNC(CN(C)Cc2ccoc2)C1. The minimum atomic E-state index is 0.382. The zero-order valence-electron chi connectivity index (χ0n) is 9.98. The fourth-order valence-corrected chi connectivity index (χ4v) is 2.24. The molecular weight excluding hydrogens is 204 g/mol. The van der Waals surface area contributed by atoms with Crippen LogP contribution in [-0.2, 0) is 11.3 Å². The predicted molar refractivity (Wildman–Crippen MR) is 62.2 cm³/mol. The summed E-state index contributed by atoms with van der Waals surface area (Å²) in [5.41, 5.74) is 1.23. The van der Waals surface area contributed by atoms with E-state index in [2.05, 4.69) is 17.3 Å².